The van der Waals surface area contributed by atoms with Crippen molar-refractivity contribution in [3.05, 3.63) is 46.5 Å². The zero-order chi connectivity index (χ0) is 13.8. The fourth-order valence-corrected chi connectivity index (χ4v) is 5.10. The SMILES string of the molecule is C=C(C)C(=O)OCC1CSC(c2ccc(Br)cc2)S1. The molecular formula is C14H15BrO2S2. The Kier molecular flexibility index (Phi) is 5.42. The van der Waals surface area contributed by atoms with Crippen LogP contribution < -0.4 is 0 Å². The summed E-state index contributed by atoms with van der Waals surface area (Å²) in [6, 6.07) is 8.39. The molecule has 0 saturated carbocycles. The Hall–Kier alpha value is -0.390. The van der Waals surface area contributed by atoms with E-state index < -0.39 is 0 Å². The summed E-state index contributed by atoms with van der Waals surface area (Å²) in [6.07, 6.45) is 0. The molecule has 1 heterocycles. The average Bonchev–Trinajstić information content (AvgIpc) is 2.85. The highest BCUT2D eigenvalue weighted by atomic mass is 79.9. The fourth-order valence-electron chi connectivity index (χ4n) is 1.62. The Morgan fingerprint density at radius 1 is 1.47 bits per heavy atom. The second-order valence-corrected chi connectivity index (χ2v) is 8.12. The van der Waals surface area contributed by atoms with Crippen LogP contribution in [0.1, 0.15) is 17.1 Å². The quantitative estimate of drug-likeness (QED) is 0.587. The van der Waals surface area contributed by atoms with E-state index in [1.807, 2.05) is 23.5 Å². The van der Waals surface area contributed by atoms with Gasteiger partial charge in [0.1, 0.15) is 6.61 Å². The summed E-state index contributed by atoms with van der Waals surface area (Å²) in [6.45, 7) is 5.72. The molecule has 1 aliphatic heterocycles. The molecule has 5 heteroatoms. The molecular weight excluding hydrogens is 344 g/mol. The van der Waals surface area contributed by atoms with E-state index in [4.69, 9.17) is 4.74 Å². The molecule has 1 saturated heterocycles. The zero-order valence-corrected chi connectivity index (χ0v) is 13.8. The Morgan fingerprint density at radius 2 is 2.16 bits per heavy atom. The molecule has 0 amide bonds. The molecule has 19 heavy (non-hydrogen) atoms. The molecule has 0 radical (unpaired) electrons. The summed E-state index contributed by atoms with van der Waals surface area (Å²) in [4.78, 5) is 11.3. The van der Waals surface area contributed by atoms with Crippen LogP contribution in [0.25, 0.3) is 0 Å². The van der Waals surface area contributed by atoms with Gasteiger partial charge in [-0.25, -0.2) is 4.79 Å². The molecule has 0 N–H and O–H groups in total. The van der Waals surface area contributed by atoms with Gasteiger partial charge >= 0.3 is 5.97 Å². The Balaban J connectivity index is 1.84. The molecule has 102 valence electrons. The third kappa shape index (κ3) is 4.29. The van der Waals surface area contributed by atoms with Crippen molar-refractivity contribution in [2.45, 2.75) is 16.8 Å². The van der Waals surface area contributed by atoms with E-state index in [2.05, 4.69) is 46.8 Å². The van der Waals surface area contributed by atoms with Gasteiger partial charge in [0, 0.05) is 21.0 Å². The smallest absolute Gasteiger partial charge is 0.333 e. The first-order chi connectivity index (χ1) is 9.06. The zero-order valence-electron chi connectivity index (χ0n) is 10.6. The van der Waals surface area contributed by atoms with Crippen LogP contribution in [-0.4, -0.2) is 23.6 Å². The number of hydrogen-bond donors (Lipinski definition) is 0. The molecule has 0 spiro atoms. The van der Waals surface area contributed by atoms with Crippen LogP contribution in [0.15, 0.2) is 40.9 Å². The highest BCUT2D eigenvalue weighted by molar-refractivity contribution is 9.10. The van der Waals surface area contributed by atoms with Crippen molar-refractivity contribution in [1.29, 1.82) is 0 Å². The molecule has 0 aliphatic carbocycles. The largest absolute Gasteiger partial charge is 0.461 e. The fraction of sp³-hybridized carbons (Fsp3) is 0.357. The molecule has 2 nitrogen and oxygen atoms in total. The normalized spacial score (nSPS) is 22.2. The molecule has 0 bridgehead atoms. The van der Waals surface area contributed by atoms with Gasteiger partial charge in [-0.1, -0.05) is 34.6 Å². The Bertz CT molecular complexity index is 473. The summed E-state index contributed by atoms with van der Waals surface area (Å²) < 4.78 is 6.74. The number of esters is 1. The van der Waals surface area contributed by atoms with Gasteiger partial charge in [-0.2, -0.15) is 0 Å². The van der Waals surface area contributed by atoms with Gasteiger partial charge in [0.15, 0.2) is 0 Å². The maximum Gasteiger partial charge on any atom is 0.333 e. The number of halogens is 1. The predicted molar refractivity (Wildman–Crippen MR) is 86.5 cm³/mol. The summed E-state index contributed by atoms with van der Waals surface area (Å²) in [5, 5.41) is 0.363. The van der Waals surface area contributed by atoms with E-state index >= 15 is 0 Å². The minimum Gasteiger partial charge on any atom is -0.461 e. The number of carbonyl (C=O) groups is 1. The molecule has 2 atom stereocenters. The first kappa shape index (κ1) is 15.0. The lowest BCUT2D eigenvalue weighted by Gasteiger charge is -2.11. The average molecular weight is 359 g/mol. The topological polar surface area (TPSA) is 26.3 Å². The molecule has 2 rings (SSSR count). The van der Waals surface area contributed by atoms with E-state index in [-0.39, 0.29) is 5.97 Å². The van der Waals surface area contributed by atoms with Crippen LogP contribution in [0.2, 0.25) is 0 Å². The van der Waals surface area contributed by atoms with E-state index in [9.17, 15) is 4.79 Å². The van der Waals surface area contributed by atoms with Gasteiger partial charge in [0.25, 0.3) is 0 Å². The van der Waals surface area contributed by atoms with Crippen molar-refractivity contribution in [3.8, 4) is 0 Å². The minimum absolute atomic E-state index is 0.294. The lowest BCUT2D eigenvalue weighted by atomic mass is 10.2. The van der Waals surface area contributed by atoms with Crippen molar-refractivity contribution in [1.82, 2.24) is 0 Å². The van der Waals surface area contributed by atoms with Crippen molar-refractivity contribution in [3.63, 3.8) is 0 Å². The lowest BCUT2D eigenvalue weighted by Crippen LogP contribution is -2.16. The molecule has 1 aromatic rings. The van der Waals surface area contributed by atoms with Crippen LogP contribution in [0.3, 0.4) is 0 Å². The Labute approximate surface area is 130 Å². The van der Waals surface area contributed by atoms with E-state index in [0.717, 1.165) is 10.2 Å². The van der Waals surface area contributed by atoms with Gasteiger partial charge in [0.05, 0.1) is 4.58 Å². The maximum absolute atomic E-state index is 11.3. The second kappa shape index (κ2) is 6.86. The van der Waals surface area contributed by atoms with Crippen LogP contribution in [0.4, 0.5) is 0 Å². The van der Waals surface area contributed by atoms with Crippen LogP contribution in [-0.2, 0) is 9.53 Å². The predicted octanol–water partition coefficient (Wildman–Crippen LogP) is 4.42. The van der Waals surface area contributed by atoms with Crippen molar-refractivity contribution < 1.29 is 9.53 Å². The van der Waals surface area contributed by atoms with E-state index in [0.29, 0.717) is 22.0 Å². The summed E-state index contributed by atoms with van der Waals surface area (Å²) in [7, 11) is 0. The summed E-state index contributed by atoms with van der Waals surface area (Å²) in [5.41, 5.74) is 1.77. The van der Waals surface area contributed by atoms with E-state index in [1.165, 1.54) is 5.56 Å². The molecule has 1 aliphatic rings. The number of rotatable bonds is 4. The number of ether oxygens (including phenoxy) is 1. The Morgan fingerprint density at radius 3 is 2.79 bits per heavy atom. The van der Waals surface area contributed by atoms with Gasteiger partial charge < -0.3 is 4.74 Å². The number of thioether (sulfide) groups is 2. The van der Waals surface area contributed by atoms with Gasteiger partial charge in [-0.15, -0.1) is 23.5 Å². The summed E-state index contributed by atoms with van der Waals surface area (Å²) in [5.74, 6) is 0.715. The van der Waals surface area contributed by atoms with Gasteiger partial charge in [-0.3, -0.25) is 0 Å². The first-order valence-electron chi connectivity index (χ1n) is 5.91. The van der Waals surface area contributed by atoms with Crippen molar-refractivity contribution in [2.75, 3.05) is 12.4 Å². The van der Waals surface area contributed by atoms with Crippen LogP contribution in [0, 0.1) is 0 Å². The molecule has 0 aromatic heterocycles. The number of carbonyl (C=O) groups excluding carboxylic acids is 1. The van der Waals surface area contributed by atoms with Gasteiger partial charge in [-0.05, 0) is 24.6 Å². The lowest BCUT2D eigenvalue weighted by molar-refractivity contribution is -0.138. The third-order valence-electron chi connectivity index (χ3n) is 2.64. The van der Waals surface area contributed by atoms with E-state index in [1.54, 1.807) is 6.92 Å². The van der Waals surface area contributed by atoms with Crippen LogP contribution >= 0.6 is 39.5 Å². The monoisotopic (exact) mass is 358 g/mol. The molecule has 2 unspecified atom stereocenters. The molecule has 1 fully saturated rings. The maximum atomic E-state index is 11.3. The first-order valence-corrected chi connectivity index (χ1v) is 8.70. The van der Waals surface area contributed by atoms with Crippen LogP contribution in [0.5, 0.6) is 0 Å². The minimum atomic E-state index is -0.294. The number of benzene rings is 1. The summed E-state index contributed by atoms with van der Waals surface area (Å²) >= 11 is 7.21. The highest BCUT2D eigenvalue weighted by Crippen LogP contribution is 2.49. The van der Waals surface area contributed by atoms with Crippen molar-refractivity contribution in [2.24, 2.45) is 0 Å². The van der Waals surface area contributed by atoms with Gasteiger partial charge in [0.2, 0.25) is 0 Å². The van der Waals surface area contributed by atoms with Crippen molar-refractivity contribution >= 4 is 45.4 Å². The molecule has 1 aromatic carbocycles. The second-order valence-electron chi connectivity index (χ2n) is 4.35. The highest BCUT2D eigenvalue weighted by Gasteiger charge is 2.28. The third-order valence-corrected chi connectivity index (χ3v) is 6.50. The number of hydrogen-bond acceptors (Lipinski definition) is 4. The standard InChI is InChI=1S/C14H15BrO2S2/c1-9(2)13(16)17-7-12-8-18-14(19-12)10-3-5-11(15)6-4-10/h3-6,12,14H,1,7-8H2,2H3.